The van der Waals surface area contributed by atoms with Crippen LogP contribution in [-0.4, -0.2) is 53.4 Å². The van der Waals surface area contributed by atoms with Crippen LogP contribution in [0.1, 0.15) is 37.2 Å². The molecule has 9 heteroatoms. The first-order valence-corrected chi connectivity index (χ1v) is 8.34. The third kappa shape index (κ3) is 3.40. The summed E-state index contributed by atoms with van der Waals surface area (Å²) in [7, 11) is 0. The predicted octanol–water partition coefficient (Wildman–Crippen LogP) is 1.57. The molecular weight excluding hydrogens is 328 g/mol. The summed E-state index contributed by atoms with van der Waals surface area (Å²) in [6.45, 7) is 5.24. The van der Waals surface area contributed by atoms with Crippen molar-refractivity contribution >= 4 is 28.9 Å². The van der Waals surface area contributed by atoms with E-state index >= 15 is 0 Å². The molecule has 134 valence electrons. The molecule has 0 amide bonds. The van der Waals surface area contributed by atoms with Crippen molar-refractivity contribution in [2.45, 2.75) is 26.7 Å². The zero-order chi connectivity index (χ0) is 17.8. The topological polar surface area (TPSA) is 108 Å². The van der Waals surface area contributed by atoms with Crippen LogP contribution in [0.4, 0.5) is 5.82 Å². The third-order valence-corrected chi connectivity index (χ3v) is 4.06. The molecule has 0 spiro atoms. The molecule has 0 aliphatic carbocycles. The number of ether oxygens (including phenoxy) is 2. The van der Waals surface area contributed by atoms with Crippen molar-refractivity contribution in [2.75, 3.05) is 31.2 Å². The smallest absolute Gasteiger partial charge is 0.361 e. The fourth-order valence-electron chi connectivity index (χ4n) is 2.97. The van der Waals surface area contributed by atoms with Crippen LogP contribution in [0.2, 0.25) is 0 Å². The maximum Gasteiger partial charge on any atom is 0.361 e. The van der Waals surface area contributed by atoms with E-state index in [1.165, 1.54) is 6.33 Å². The van der Waals surface area contributed by atoms with Crippen LogP contribution in [-0.2, 0) is 14.3 Å². The summed E-state index contributed by atoms with van der Waals surface area (Å²) in [4.78, 5) is 34.4. The van der Waals surface area contributed by atoms with Crippen molar-refractivity contribution in [2.24, 2.45) is 5.92 Å². The molecule has 0 aromatic carbocycles. The molecule has 0 unspecified atom stereocenters. The predicted molar refractivity (Wildman–Crippen MR) is 87.1 cm³/mol. The lowest BCUT2D eigenvalue weighted by molar-refractivity contribution is -0.148. The van der Waals surface area contributed by atoms with Gasteiger partial charge in [0.1, 0.15) is 17.5 Å². The Bertz CT molecular complexity index is 775. The average molecular weight is 348 g/mol. The van der Waals surface area contributed by atoms with Crippen LogP contribution < -0.4 is 4.90 Å². The summed E-state index contributed by atoms with van der Waals surface area (Å²) < 4.78 is 15.3. The van der Waals surface area contributed by atoms with Crippen molar-refractivity contribution in [3.63, 3.8) is 0 Å². The first kappa shape index (κ1) is 17.1. The molecule has 0 saturated carbocycles. The Balaban J connectivity index is 1.93. The first-order valence-electron chi connectivity index (χ1n) is 8.34. The van der Waals surface area contributed by atoms with Crippen LogP contribution >= 0.6 is 0 Å². The van der Waals surface area contributed by atoms with E-state index in [0.29, 0.717) is 30.9 Å². The highest BCUT2D eigenvalue weighted by molar-refractivity contribution is 6.04. The number of esters is 2. The second kappa shape index (κ2) is 7.45. The van der Waals surface area contributed by atoms with Gasteiger partial charge in [-0.15, -0.1) is 0 Å². The molecule has 0 radical (unpaired) electrons. The zero-order valence-electron chi connectivity index (χ0n) is 14.2. The Hall–Kier alpha value is -2.71. The molecule has 1 saturated heterocycles. The second-order valence-electron chi connectivity index (χ2n) is 5.67. The monoisotopic (exact) mass is 348 g/mol. The van der Waals surface area contributed by atoms with E-state index in [9.17, 15) is 9.59 Å². The molecule has 9 nitrogen and oxygen atoms in total. The van der Waals surface area contributed by atoms with Crippen LogP contribution in [0, 0.1) is 5.92 Å². The Morgan fingerprint density at radius 1 is 1.28 bits per heavy atom. The molecule has 3 rings (SSSR count). The zero-order valence-corrected chi connectivity index (χ0v) is 14.2. The minimum Gasteiger partial charge on any atom is -0.466 e. The van der Waals surface area contributed by atoms with Crippen molar-refractivity contribution in [3.8, 4) is 0 Å². The summed E-state index contributed by atoms with van der Waals surface area (Å²) in [6, 6.07) is 0. The fraction of sp³-hybridized carbons (Fsp3) is 0.562. The number of rotatable bonds is 5. The highest BCUT2D eigenvalue weighted by atomic mass is 16.5. The fourth-order valence-corrected chi connectivity index (χ4v) is 2.97. The summed E-state index contributed by atoms with van der Waals surface area (Å²) >= 11 is 0. The normalized spacial score (nSPS) is 17.5. The van der Waals surface area contributed by atoms with Gasteiger partial charge in [-0.1, -0.05) is 5.16 Å². The molecule has 2 aromatic rings. The number of aromatic nitrogens is 3. The standard InChI is InChI=1S/C16H20N4O5/c1-3-23-15(21)10-6-5-7-20(8-10)13-11-12(16(22)24-4-2)19-25-14(11)18-9-17-13/h9-10H,3-8H2,1-2H3/t10-/m0/s1. The minimum atomic E-state index is -0.587. The third-order valence-electron chi connectivity index (χ3n) is 4.06. The number of carbonyl (C=O) groups excluding carboxylic acids is 2. The quantitative estimate of drug-likeness (QED) is 0.744. The number of nitrogens with zero attached hydrogens (tertiary/aromatic N) is 4. The molecule has 1 aliphatic heterocycles. The van der Waals surface area contributed by atoms with Gasteiger partial charge < -0.3 is 18.9 Å². The maximum atomic E-state index is 12.1. The van der Waals surface area contributed by atoms with Crippen molar-refractivity contribution in [1.82, 2.24) is 15.1 Å². The van der Waals surface area contributed by atoms with Gasteiger partial charge in [0.2, 0.25) is 5.69 Å². The number of carbonyl (C=O) groups is 2. The number of anilines is 1. The average Bonchev–Trinajstić information content (AvgIpc) is 3.06. The van der Waals surface area contributed by atoms with E-state index in [2.05, 4.69) is 15.1 Å². The highest BCUT2D eigenvalue weighted by Crippen LogP contribution is 2.30. The molecule has 1 aliphatic rings. The second-order valence-corrected chi connectivity index (χ2v) is 5.67. The minimum absolute atomic E-state index is 0.0470. The van der Waals surface area contributed by atoms with Gasteiger partial charge >= 0.3 is 11.9 Å². The van der Waals surface area contributed by atoms with E-state index < -0.39 is 5.97 Å². The number of fused-ring (bicyclic) bond motifs is 1. The Morgan fingerprint density at radius 2 is 2.08 bits per heavy atom. The van der Waals surface area contributed by atoms with E-state index in [-0.39, 0.29) is 29.9 Å². The molecule has 3 heterocycles. The van der Waals surface area contributed by atoms with Gasteiger partial charge in [0.25, 0.3) is 5.71 Å². The van der Waals surface area contributed by atoms with Crippen molar-refractivity contribution in [3.05, 3.63) is 12.0 Å². The molecule has 0 N–H and O–H groups in total. The largest absolute Gasteiger partial charge is 0.466 e. The summed E-state index contributed by atoms with van der Waals surface area (Å²) in [5, 5.41) is 4.19. The maximum absolute atomic E-state index is 12.1. The number of hydrogen-bond acceptors (Lipinski definition) is 9. The van der Waals surface area contributed by atoms with E-state index in [1.807, 2.05) is 4.90 Å². The summed E-state index contributed by atoms with van der Waals surface area (Å²) in [6.07, 6.45) is 2.93. The van der Waals surface area contributed by atoms with Crippen LogP contribution in [0.25, 0.3) is 11.1 Å². The Labute approximate surface area is 144 Å². The molecule has 1 atom stereocenters. The molecule has 25 heavy (non-hydrogen) atoms. The molecule has 1 fully saturated rings. The van der Waals surface area contributed by atoms with E-state index in [1.54, 1.807) is 13.8 Å². The summed E-state index contributed by atoms with van der Waals surface area (Å²) in [5.74, 6) is -0.516. The molecule has 0 bridgehead atoms. The van der Waals surface area contributed by atoms with Gasteiger partial charge in [-0.25, -0.2) is 9.78 Å². The van der Waals surface area contributed by atoms with E-state index in [0.717, 1.165) is 12.8 Å². The Kier molecular flexibility index (Phi) is 5.11. The van der Waals surface area contributed by atoms with Crippen LogP contribution in [0.3, 0.4) is 0 Å². The summed E-state index contributed by atoms with van der Waals surface area (Å²) in [5.41, 5.74) is 0.261. The van der Waals surface area contributed by atoms with Crippen molar-refractivity contribution < 1.29 is 23.6 Å². The van der Waals surface area contributed by atoms with Gasteiger partial charge in [-0.05, 0) is 26.7 Å². The highest BCUT2D eigenvalue weighted by Gasteiger charge is 2.31. The lowest BCUT2D eigenvalue weighted by atomic mass is 9.98. The van der Waals surface area contributed by atoms with E-state index in [4.69, 9.17) is 14.0 Å². The van der Waals surface area contributed by atoms with Crippen LogP contribution in [0.5, 0.6) is 0 Å². The Morgan fingerprint density at radius 3 is 2.84 bits per heavy atom. The van der Waals surface area contributed by atoms with Gasteiger partial charge in [0.15, 0.2) is 0 Å². The molecule has 2 aromatic heterocycles. The van der Waals surface area contributed by atoms with Crippen molar-refractivity contribution in [1.29, 1.82) is 0 Å². The lowest BCUT2D eigenvalue weighted by Crippen LogP contribution is -2.40. The van der Waals surface area contributed by atoms with Gasteiger partial charge in [-0.3, -0.25) is 4.79 Å². The SMILES string of the molecule is CCOC(=O)c1noc2ncnc(N3CCC[C@H](C(=O)OCC)C3)c12. The van der Waals surface area contributed by atoms with Gasteiger partial charge in [-0.2, -0.15) is 4.98 Å². The lowest BCUT2D eigenvalue weighted by Gasteiger charge is -2.32. The van der Waals surface area contributed by atoms with Gasteiger partial charge in [0, 0.05) is 13.1 Å². The molecular formula is C16H20N4O5. The number of piperidine rings is 1. The van der Waals surface area contributed by atoms with Gasteiger partial charge in [0.05, 0.1) is 19.1 Å². The number of hydrogen-bond donors (Lipinski definition) is 0. The van der Waals surface area contributed by atoms with Crippen LogP contribution in [0.15, 0.2) is 10.9 Å². The first-order chi connectivity index (χ1) is 12.2.